The molecular weight excluding hydrogens is 548 g/mol. The number of ether oxygens (including phenoxy) is 10. The largest absolute Gasteiger partial charge is 0.487 e. The minimum Gasteiger partial charge on any atom is -0.487 e. The van der Waals surface area contributed by atoms with E-state index in [0.29, 0.717) is 134 Å². The predicted octanol–water partition coefficient (Wildman–Crippen LogP) is 3.22. The van der Waals surface area contributed by atoms with Crippen LogP contribution < -0.4 is 18.9 Å². The van der Waals surface area contributed by atoms with Crippen molar-refractivity contribution in [3.05, 3.63) is 53.6 Å². The summed E-state index contributed by atoms with van der Waals surface area (Å²) in [6.45, 7) is 6.94. The molecule has 2 aliphatic heterocycles. The summed E-state index contributed by atoms with van der Waals surface area (Å²) in [4.78, 5) is 13.1. The number of allylic oxidation sites excluding steroid dienone is 1. The van der Waals surface area contributed by atoms with Gasteiger partial charge in [-0.15, -0.1) is 0 Å². The van der Waals surface area contributed by atoms with Crippen LogP contribution in [0.4, 0.5) is 0 Å². The number of carbonyl (C=O) groups is 1. The van der Waals surface area contributed by atoms with E-state index >= 15 is 0 Å². The number of carbonyl (C=O) groups excluding carboxylic acids is 1. The van der Waals surface area contributed by atoms with Crippen LogP contribution in [-0.4, -0.2) is 111 Å². The zero-order chi connectivity index (χ0) is 29.1. The molecule has 4 rings (SSSR count). The second kappa shape index (κ2) is 19.1. The van der Waals surface area contributed by atoms with E-state index in [1.807, 2.05) is 18.2 Å². The van der Waals surface area contributed by atoms with Crippen LogP contribution in [0.2, 0.25) is 0 Å². The van der Waals surface area contributed by atoms with Crippen molar-refractivity contribution >= 4 is 11.9 Å². The van der Waals surface area contributed by atoms with E-state index < -0.39 is 0 Å². The molecule has 2 heterocycles. The Morgan fingerprint density at radius 1 is 0.452 bits per heavy atom. The molecule has 0 amide bonds. The van der Waals surface area contributed by atoms with Crippen LogP contribution >= 0.6 is 0 Å². The van der Waals surface area contributed by atoms with Crippen LogP contribution in [0.1, 0.15) is 15.9 Å². The smallest absolute Gasteiger partial charge is 0.185 e. The van der Waals surface area contributed by atoms with Crippen molar-refractivity contribution in [2.45, 2.75) is 0 Å². The lowest BCUT2D eigenvalue weighted by Crippen LogP contribution is -2.13. The number of fused-ring (bicyclic) bond motifs is 2. The van der Waals surface area contributed by atoms with E-state index in [4.69, 9.17) is 47.4 Å². The molecule has 2 aromatic rings. The Hall–Kier alpha value is -3.19. The highest BCUT2D eigenvalue weighted by atomic mass is 16.6. The molecule has 0 spiro atoms. The summed E-state index contributed by atoms with van der Waals surface area (Å²) in [5, 5.41) is 0. The van der Waals surface area contributed by atoms with Crippen LogP contribution in [0.15, 0.2) is 42.5 Å². The van der Waals surface area contributed by atoms with Gasteiger partial charge in [0.15, 0.2) is 28.8 Å². The quantitative estimate of drug-likeness (QED) is 0.390. The standard InChI is InChI=1S/C31H40O11/c32-27(26-3-6-29-31(24-26)42-22-18-38-14-10-34-8-12-36-16-20-40-29)4-1-25-2-5-28-30(23-25)41-21-17-37-13-9-33-7-11-35-15-19-39-28/h1-6,23-24H,7-22H2. The Labute approximate surface area is 246 Å². The monoisotopic (exact) mass is 588 g/mol. The van der Waals surface area contributed by atoms with Crippen molar-refractivity contribution in [1.29, 1.82) is 0 Å². The van der Waals surface area contributed by atoms with Crippen LogP contribution in [0.25, 0.3) is 6.08 Å². The highest BCUT2D eigenvalue weighted by Crippen LogP contribution is 2.31. The fraction of sp³-hybridized carbons (Fsp3) is 0.516. The van der Waals surface area contributed by atoms with Gasteiger partial charge in [0, 0.05) is 5.56 Å². The van der Waals surface area contributed by atoms with E-state index in [2.05, 4.69) is 0 Å². The zero-order valence-corrected chi connectivity index (χ0v) is 23.9. The molecule has 0 fully saturated rings. The predicted molar refractivity (Wildman–Crippen MR) is 153 cm³/mol. The van der Waals surface area contributed by atoms with Gasteiger partial charge in [0.05, 0.1) is 79.3 Å². The molecule has 0 saturated heterocycles. The van der Waals surface area contributed by atoms with Crippen molar-refractivity contribution < 1.29 is 52.2 Å². The highest BCUT2D eigenvalue weighted by Gasteiger charge is 2.12. The second-order valence-electron chi connectivity index (χ2n) is 9.13. The first-order valence-corrected chi connectivity index (χ1v) is 14.3. The Balaban J connectivity index is 1.40. The molecule has 0 N–H and O–H groups in total. The summed E-state index contributed by atoms with van der Waals surface area (Å²) >= 11 is 0. The average Bonchev–Trinajstić information content (AvgIpc) is 3.02. The molecule has 230 valence electrons. The van der Waals surface area contributed by atoms with Gasteiger partial charge in [-0.3, -0.25) is 4.79 Å². The lowest BCUT2D eigenvalue weighted by atomic mass is 10.1. The SMILES string of the molecule is O=C(C=Cc1ccc2c(c1)OCCOCCOCCOCCO2)c1ccc2c(c1)OCCOCCOCCOCCO2. The van der Waals surface area contributed by atoms with Crippen molar-refractivity contribution in [3.63, 3.8) is 0 Å². The maximum atomic E-state index is 13.1. The van der Waals surface area contributed by atoms with E-state index in [1.54, 1.807) is 24.3 Å². The third kappa shape index (κ3) is 11.6. The van der Waals surface area contributed by atoms with Gasteiger partial charge in [-0.2, -0.15) is 0 Å². The topological polar surface area (TPSA) is 109 Å². The first-order chi connectivity index (χ1) is 20.8. The molecule has 0 bridgehead atoms. The molecule has 0 aromatic heterocycles. The normalized spacial score (nSPS) is 19.0. The summed E-state index contributed by atoms with van der Waals surface area (Å²) in [7, 11) is 0. The number of hydrogen-bond donors (Lipinski definition) is 0. The molecule has 0 radical (unpaired) electrons. The van der Waals surface area contributed by atoms with E-state index in [-0.39, 0.29) is 5.78 Å². The first kappa shape index (κ1) is 31.7. The fourth-order valence-corrected chi connectivity index (χ4v) is 3.95. The molecule has 42 heavy (non-hydrogen) atoms. The Kier molecular flexibility index (Phi) is 14.4. The lowest BCUT2D eigenvalue weighted by molar-refractivity contribution is 0.00708. The fourth-order valence-electron chi connectivity index (χ4n) is 3.95. The lowest BCUT2D eigenvalue weighted by Gasteiger charge is -2.14. The Morgan fingerprint density at radius 3 is 1.31 bits per heavy atom. The van der Waals surface area contributed by atoms with Gasteiger partial charge in [0.1, 0.15) is 26.4 Å². The highest BCUT2D eigenvalue weighted by molar-refractivity contribution is 6.07. The molecule has 2 aromatic carbocycles. The number of benzene rings is 2. The van der Waals surface area contributed by atoms with Gasteiger partial charge < -0.3 is 47.4 Å². The number of rotatable bonds is 3. The van der Waals surface area contributed by atoms with Crippen LogP contribution in [0.5, 0.6) is 23.0 Å². The maximum Gasteiger partial charge on any atom is 0.185 e. The van der Waals surface area contributed by atoms with Crippen molar-refractivity contribution in [1.82, 2.24) is 0 Å². The molecule has 2 aliphatic rings. The second-order valence-corrected chi connectivity index (χ2v) is 9.13. The third-order valence-electron chi connectivity index (χ3n) is 6.05. The minimum atomic E-state index is -0.185. The maximum absolute atomic E-state index is 13.1. The van der Waals surface area contributed by atoms with E-state index in [1.165, 1.54) is 6.08 Å². The summed E-state index contributed by atoms with van der Waals surface area (Å²) in [5.74, 6) is 1.97. The average molecular weight is 589 g/mol. The molecular formula is C31H40O11. The molecule has 0 unspecified atom stereocenters. The molecule has 11 nitrogen and oxygen atoms in total. The Morgan fingerprint density at radius 2 is 0.833 bits per heavy atom. The van der Waals surface area contributed by atoms with E-state index in [0.717, 1.165) is 5.56 Å². The molecule has 0 saturated carbocycles. The van der Waals surface area contributed by atoms with Crippen molar-refractivity contribution in [2.75, 3.05) is 106 Å². The van der Waals surface area contributed by atoms with Gasteiger partial charge in [-0.05, 0) is 42.0 Å². The molecule has 0 aliphatic carbocycles. The number of hydrogen-bond acceptors (Lipinski definition) is 11. The summed E-state index contributed by atoms with van der Waals surface area (Å²) < 4.78 is 56.5. The zero-order valence-electron chi connectivity index (χ0n) is 23.9. The van der Waals surface area contributed by atoms with Gasteiger partial charge in [-0.25, -0.2) is 0 Å². The van der Waals surface area contributed by atoms with Crippen LogP contribution in [0.3, 0.4) is 0 Å². The van der Waals surface area contributed by atoms with Gasteiger partial charge >= 0.3 is 0 Å². The van der Waals surface area contributed by atoms with Crippen LogP contribution in [-0.2, 0) is 28.4 Å². The van der Waals surface area contributed by atoms with Gasteiger partial charge in [0.25, 0.3) is 0 Å². The Bertz CT molecular complexity index is 1100. The molecule has 11 heteroatoms. The van der Waals surface area contributed by atoms with Crippen LogP contribution in [0, 0.1) is 0 Å². The van der Waals surface area contributed by atoms with Gasteiger partial charge in [-0.1, -0.05) is 12.1 Å². The number of ketones is 1. The van der Waals surface area contributed by atoms with Crippen molar-refractivity contribution in [2.24, 2.45) is 0 Å². The molecule has 0 atom stereocenters. The summed E-state index contributed by atoms with van der Waals surface area (Å²) in [6, 6.07) is 10.6. The summed E-state index contributed by atoms with van der Waals surface area (Å²) in [5.41, 5.74) is 1.25. The summed E-state index contributed by atoms with van der Waals surface area (Å²) in [6.07, 6.45) is 3.25. The van der Waals surface area contributed by atoms with Crippen molar-refractivity contribution in [3.8, 4) is 23.0 Å². The third-order valence-corrected chi connectivity index (χ3v) is 6.05. The van der Waals surface area contributed by atoms with E-state index in [9.17, 15) is 4.79 Å². The van der Waals surface area contributed by atoms with Gasteiger partial charge in [0.2, 0.25) is 0 Å². The first-order valence-electron chi connectivity index (χ1n) is 14.3. The minimum absolute atomic E-state index is 0.185.